The van der Waals surface area contributed by atoms with E-state index in [-0.39, 0.29) is 12.3 Å². The van der Waals surface area contributed by atoms with Gasteiger partial charge in [-0.15, -0.1) is 0 Å². The summed E-state index contributed by atoms with van der Waals surface area (Å²) in [6, 6.07) is 11.3. The molecule has 26 heavy (non-hydrogen) atoms. The molecule has 6 heteroatoms. The summed E-state index contributed by atoms with van der Waals surface area (Å²) in [5.74, 6) is 0.217. The Bertz CT molecular complexity index is 946. The molecule has 6 nitrogen and oxygen atoms in total. The molecule has 4 rings (SSSR count). The normalized spacial score (nSPS) is 15.5. The summed E-state index contributed by atoms with van der Waals surface area (Å²) in [5, 5.41) is 8.64. The standard InChI is InChI=1S/C20H24N4O2/c21-20-23(13-12-22-10-4-1-5-11-22)16-7-2-3-8-17(16)24(20)15-18(25)19-9-6-14-26-19/h2-3,6-9,14,21H,1,4-5,10-13,15H2. The number of likely N-dealkylation sites (tertiary alicyclic amines) is 1. The maximum atomic E-state index is 12.5. The highest BCUT2D eigenvalue weighted by Gasteiger charge is 2.17. The van der Waals surface area contributed by atoms with Crippen molar-refractivity contribution in [2.75, 3.05) is 19.6 Å². The topological polar surface area (TPSA) is 67.2 Å². The second kappa shape index (κ2) is 7.33. The van der Waals surface area contributed by atoms with E-state index >= 15 is 0 Å². The van der Waals surface area contributed by atoms with Gasteiger partial charge < -0.3 is 18.5 Å². The molecular formula is C20H24N4O2. The highest BCUT2D eigenvalue weighted by Crippen LogP contribution is 2.15. The largest absolute Gasteiger partial charge is 0.461 e. The van der Waals surface area contributed by atoms with Crippen LogP contribution >= 0.6 is 0 Å². The van der Waals surface area contributed by atoms with Crippen LogP contribution in [0, 0.1) is 5.41 Å². The number of rotatable bonds is 6. The molecule has 1 aromatic carbocycles. The molecular weight excluding hydrogens is 328 g/mol. The molecule has 136 valence electrons. The van der Waals surface area contributed by atoms with Gasteiger partial charge in [0.1, 0.15) is 0 Å². The van der Waals surface area contributed by atoms with Gasteiger partial charge in [0, 0.05) is 13.1 Å². The quantitative estimate of drug-likeness (QED) is 0.694. The molecule has 1 fully saturated rings. The number of piperidine rings is 1. The van der Waals surface area contributed by atoms with E-state index in [1.165, 1.54) is 25.5 Å². The molecule has 1 aliphatic heterocycles. The highest BCUT2D eigenvalue weighted by molar-refractivity contribution is 5.94. The van der Waals surface area contributed by atoms with Gasteiger partial charge in [-0.1, -0.05) is 18.6 Å². The summed E-state index contributed by atoms with van der Waals surface area (Å²) in [6.07, 6.45) is 5.35. The number of carbonyl (C=O) groups excluding carboxylic acids is 1. The molecule has 0 bridgehead atoms. The molecule has 0 unspecified atom stereocenters. The highest BCUT2D eigenvalue weighted by atomic mass is 16.3. The predicted molar refractivity (Wildman–Crippen MR) is 99.1 cm³/mol. The van der Waals surface area contributed by atoms with Crippen molar-refractivity contribution >= 4 is 16.8 Å². The summed E-state index contributed by atoms with van der Waals surface area (Å²) in [6.45, 7) is 4.11. The number of benzene rings is 1. The van der Waals surface area contributed by atoms with Crippen LogP contribution in [0.5, 0.6) is 0 Å². The average molecular weight is 352 g/mol. The maximum Gasteiger partial charge on any atom is 0.217 e. The van der Waals surface area contributed by atoms with Gasteiger partial charge >= 0.3 is 0 Å². The molecule has 0 amide bonds. The lowest BCUT2D eigenvalue weighted by Crippen LogP contribution is -2.35. The molecule has 0 atom stereocenters. The summed E-state index contributed by atoms with van der Waals surface area (Å²) < 4.78 is 9.00. The second-order valence-electron chi connectivity index (χ2n) is 6.85. The van der Waals surface area contributed by atoms with Crippen LogP contribution < -0.4 is 5.62 Å². The number of imidazole rings is 1. The number of nitrogens with zero attached hydrogens (tertiary/aromatic N) is 3. The third-order valence-corrected chi connectivity index (χ3v) is 5.16. The van der Waals surface area contributed by atoms with Crippen molar-refractivity contribution in [3.63, 3.8) is 0 Å². The van der Waals surface area contributed by atoms with E-state index in [1.807, 2.05) is 28.8 Å². The minimum atomic E-state index is -0.118. The number of nitrogens with one attached hydrogen (secondary N) is 1. The van der Waals surface area contributed by atoms with E-state index in [0.29, 0.717) is 11.4 Å². The van der Waals surface area contributed by atoms with Crippen LogP contribution in [0.1, 0.15) is 29.8 Å². The molecule has 1 saturated heterocycles. The van der Waals surface area contributed by atoms with Gasteiger partial charge in [0.2, 0.25) is 11.4 Å². The minimum absolute atomic E-state index is 0.115. The Morgan fingerprint density at radius 3 is 2.38 bits per heavy atom. The maximum absolute atomic E-state index is 12.5. The van der Waals surface area contributed by atoms with Gasteiger partial charge in [0.15, 0.2) is 5.76 Å². The molecule has 1 aliphatic rings. The first kappa shape index (κ1) is 16.8. The lowest BCUT2D eigenvalue weighted by atomic mass is 10.1. The van der Waals surface area contributed by atoms with Gasteiger partial charge in [-0.3, -0.25) is 10.2 Å². The Kier molecular flexibility index (Phi) is 4.75. The number of hydrogen-bond acceptors (Lipinski definition) is 4. The number of carbonyl (C=O) groups is 1. The van der Waals surface area contributed by atoms with Crippen LogP contribution in [0.4, 0.5) is 0 Å². The lowest BCUT2D eigenvalue weighted by molar-refractivity contribution is 0.0944. The van der Waals surface area contributed by atoms with Crippen molar-refractivity contribution in [2.24, 2.45) is 0 Å². The van der Waals surface area contributed by atoms with Gasteiger partial charge in [-0.2, -0.15) is 0 Å². The summed E-state index contributed by atoms with van der Waals surface area (Å²) in [4.78, 5) is 14.9. The van der Waals surface area contributed by atoms with Crippen LogP contribution in [0.15, 0.2) is 47.1 Å². The van der Waals surface area contributed by atoms with Crippen molar-refractivity contribution < 1.29 is 9.21 Å². The third kappa shape index (κ3) is 3.24. The molecule has 0 radical (unpaired) electrons. The van der Waals surface area contributed by atoms with Crippen LogP contribution in [-0.2, 0) is 13.1 Å². The Labute approximate surface area is 152 Å². The number of para-hydroxylation sites is 2. The SMILES string of the molecule is N=c1n(CCN2CCCCC2)c2ccccc2n1CC(=O)c1ccco1. The first-order chi connectivity index (χ1) is 12.7. The number of Topliss-reactive ketones (excluding diaryl/α,β-unsaturated/α-hetero) is 1. The Balaban J connectivity index is 1.62. The lowest BCUT2D eigenvalue weighted by Gasteiger charge is -2.26. The van der Waals surface area contributed by atoms with Crippen LogP contribution in [-0.4, -0.2) is 39.5 Å². The summed E-state index contributed by atoms with van der Waals surface area (Å²) in [5.41, 5.74) is 2.28. The van der Waals surface area contributed by atoms with Gasteiger partial charge in [0.05, 0.1) is 23.8 Å². The molecule has 0 saturated carbocycles. The van der Waals surface area contributed by atoms with E-state index in [1.54, 1.807) is 16.7 Å². The first-order valence-corrected chi connectivity index (χ1v) is 9.26. The van der Waals surface area contributed by atoms with Gasteiger partial charge in [-0.25, -0.2) is 0 Å². The molecule has 3 aromatic rings. The zero-order chi connectivity index (χ0) is 17.9. The van der Waals surface area contributed by atoms with Crippen molar-refractivity contribution in [1.82, 2.24) is 14.0 Å². The van der Waals surface area contributed by atoms with Crippen LogP contribution in [0.25, 0.3) is 11.0 Å². The monoisotopic (exact) mass is 352 g/mol. The van der Waals surface area contributed by atoms with E-state index in [4.69, 9.17) is 9.83 Å². The molecule has 0 aliphatic carbocycles. The van der Waals surface area contributed by atoms with Crippen molar-refractivity contribution in [1.29, 1.82) is 5.41 Å². The number of fused-ring (bicyclic) bond motifs is 1. The van der Waals surface area contributed by atoms with E-state index in [2.05, 4.69) is 4.90 Å². The second-order valence-corrected chi connectivity index (χ2v) is 6.85. The number of hydrogen-bond donors (Lipinski definition) is 1. The fourth-order valence-electron chi connectivity index (χ4n) is 3.76. The molecule has 2 aromatic heterocycles. The number of aromatic nitrogens is 2. The Morgan fingerprint density at radius 1 is 0.962 bits per heavy atom. The molecule has 0 spiro atoms. The van der Waals surface area contributed by atoms with E-state index in [0.717, 1.165) is 37.2 Å². The fraction of sp³-hybridized carbons (Fsp3) is 0.400. The van der Waals surface area contributed by atoms with Crippen molar-refractivity contribution in [2.45, 2.75) is 32.4 Å². The van der Waals surface area contributed by atoms with Gasteiger partial charge in [0.25, 0.3) is 0 Å². The Morgan fingerprint density at radius 2 is 1.69 bits per heavy atom. The third-order valence-electron chi connectivity index (χ3n) is 5.16. The van der Waals surface area contributed by atoms with E-state index in [9.17, 15) is 4.79 Å². The van der Waals surface area contributed by atoms with Crippen LogP contribution in [0.3, 0.4) is 0 Å². The zero-order valence-electron chi connectivity index (χ0n) is 14.9. The molecule has 3 heterocycles. The number of furan rings is 1. The minimum Gasteiger partial charge on any atom is -0.461 e. The number of ketones is 1. The van der Waals surface area contributed by atoms with Crippen molar-refractivity contribution in [3.8, 4) is 0 Å². The summed E-state index contributed by atoms with van der Waals surface area (Å²) in [7, 11) is 0. The van der Waals surface area contributed by atoms with Gasteiger partial charge in [-0.05, 0) is 50.2 Å². The fourth-order valence-corrected chi connectivity index (χ4v) is 3.76. The average Bonchev–Trinajstić information content (AvgIpc) is 3.29. The van der Waals surface area contributed by atoms with Crippen LogP contribution in [0.2, 0.25) is 0 Å². The Hall–Kier alpha value is -2.60. The van der Waals surface area contributed by atoms with Crippen molar-refractivity contribution in [3.05, 3.63) is 54.0 Å². The predicted octanol–water partition coefficient (Wildman–Crippen LogP) is 2.88. The smallest absolute Gasteiger partial charge is 0.217 e. The first-order valence-electron chi connectivity index (χ1n) is 9.26. The zero-order valence-corrected chi connectivity index (χ0v) is 14.9. The summed E-state index contributed by atoms with van der Waals surface area (Å²) >= 11 is 0. The van der Waals surface area contributed by atoms with E-state index < -0.39 is 0 Å². The molecule has 1 N–H and O–H groups in total.